The Kier molecular flexibility index (Phi) is 30.5. The summed E-state index contributed by atoms with van der Waals surface area (Å²) in [6.07, 6.45) is 8.58. The number of hydrogen-bond donors (Lipinski definition) is 17. The minimum Gasteiger partial charge on any atom is -0.480 e. The van der Waals surface area contributed by atoms with Gasteiger partial charge in [-0.3, -0.25) is 34.0 Å². The average Bonchev–Trinajstić information content (AvgIpc) is 3.80. The number of nitrogens with zero attached hydrogens (tertiary/aromatic N) is 4. The third kappa shape index (κ3) is 33.4. The number of aromatic nitrogens is 4. The van der Waals surface area contributed by atoms with Crippen molar-refractivity contribution in [3.63, 3.8) is 0 Å². The molecule has 302 valence electrons. The number of rotatable bonds is 18. The van der Waals surface area contributed by atoms with Gasteiger partial charge in [0.15, 0.2) is 11.9 Å². The molecule has 0 amide bonds. The highest BCUT2D eigenvalue weighted by molar-refractivity contribution is 7.80. The highest BCUT2D eigenvalue weighted by Crippen LogP contribution is 1.97. The van der Waals surface area contributed by atoms with Crippen LogP contribution in [0.5, 0.6) is 0 Å². The van der Waals surface area contributed by atoms with Gasteiger partial charge in [0, 0.05) is 55.5 Å². The molecule has 0 saturated heterocycles. The molecule has 0 aliphatic carbocycles. The highest BCUT2D eigenvalue weighted by atomic mass is 32.1. The van der Waals surface area contributed by atoms with Crippen LogP contribution in [0.3, 0.4) is 0 Å². The van der Waals surface area contributed by atoms with Crippen molar-refractivity contribution in [2.75, 3.05) is 18.8 Å². The Morgan fingerprint density at radius 1 is 0.585 bits per heavy atom. The molecular weight excluding hydrogens is 726 g/mol. The fraction of sp³-hybridized carbons (Fsp3) is 0.519. The van der Waals surface area contributed by atoms with Gasteiger partial charge in [-0.25, -0.2) is 9.97 Å². The third-order valence-electron chi connectivity index (χ3n) is 5.71. The summed E-state index contributed by atoms with van der Waals surface area (Å²) in [5.41, 5.74) is 47.6. The molecule has 2 aromatic rings. The van der Waals surface area contributed by atoms with Crippen LogP contribution in [0.4, 0.5) is 0 Å². The van der Waals surface area contributed by atoms with E-state index >= 15 is 0 Å². The van der Waals surface area contributed by atoms with E-state index in [1.165, 1.54) is 12.7 Å². The first kappa shape index (κ1) is 51.8. The van der Waals surface area contributed by atoms with E-state index in [-0.39, 0.29) is 30.5 Å². The number of imidazole rings is 2. The summed E-state index contributed by atoms with van der Waals surface area (Å²) < 4.78 is 0. The van der Waals surface area contributed by atoms with Crippen molar-refractivity contribution < 1.29 is 49.5 Å². The molecule has 5 atom stereocenters. The zero-order valence-corrected chi connectivity index (χ0v) is 29.7. The van der Waals surface area contributed by atoms with Crippen molar-refractivity contribution in [1.82, 2.24) is 19.9 Å². The largest absolute Gasteiger partial charge is 0.480 e. The highest BCUT2D eigenvalue weighted by Gasteiger charge is 2.13. The molecule has 26 heteroatoms. The van der Waals surface area contributed by atoms with E-state index in [4.69, 9.17) is 77.1 Å². The molecule has 53 heavy (non-hydrogen) atoms. The van der Waals surface area contributed by atoms with Gasteiger partial charge in [-0.1, -0.05) is 0 Å². The third-order valence-corrected chi connectivity index (χ3v) is 6.10. The standard InChI is InChI=1S/2C6H14N4O2.2C6H9N3O2.C3H7NO2S/c2*7-4(5(11)12)2-1-3-10-6(8)9;2*7-5(6(10)11)1-4-2-8-3-9-4;4-2(1-7)3(5)6/h2*4H,1-3,7H2,(H,11,12)(H4,8,9,10);2*2-3,5H,1,7H2,(H,8,9)(H,10,11);2,7H,1,4H2,(H,5,6). The van der Waals surface area contributed by atoms with Gasteiger partial charge in [0.05, 0.1) is 12.7 Å². The van der Waals surface area contributed by atoms with Crippen LogP contribution in [0, 0.1) is 0 Å². The summed E-state index contributed by atoms with van der Waals surface area (Å²) in [6, 6.07) is -4.16. The van der Waals surface area contributed by atoms with Gasteiger partial charge < -0.3 is 87.1 Å². The summed E-state index contributed by atoms with van der Waals surface area (Å²) in [5, 5.41) is 41.6. The lowest BCUT2D eigenvalue weighted by Gasteiger charge is -2.03. The van der Waals surface area contributed by atoms with Crippen LogP contribution in [0.2, 0.25) is 0 Å². The van der Waals surface area contributed by atoms with Crippen LogP contribution in [0.15, 0.2) is 35.0 Å². The molecule has 0 fully saturated rings. The number of H-pyrrole nitrogens is 2. The Morgan fingerprint density at radius 2 is 0.887 bits per heavy atom. The summed E-state index contributed by atoms with van der Waals surface area (Å²) in [7, 11) is 0. The molecule has 2 rings (SSSR count). The van der Waals surface area contributed by atoms with Crippen molar-refractivity contribution in [3.8, 4) is 0 Å². The van der Waals surface area contributed by atoms with Gasteiger partial charge in [-0.05, 0) is 25.7 Å². The first-order valence-corrected chi connectivity index (χ1v) is 15.9. The van der Waals surface area contributed by atoms with Gasteiger partial charge in [-0.2, -0.15) is 12.6 Å². The summed E-state index contributed by atoms with van der Waals surface area (Å²) >= 11 is 3.65. The normalized spacial score (nSPS) is 12.6. The maximum Gasteiger partial charge on any atom is 0.321 e. The molecule has 0 bridgehead atoms. The van der Waals surface area contributed by atoms with Gasteiger partial charge in [0.1, 0.15) is 30.2 Å². The molecular formula is C27H53N15O10S. The van der Waals surface area contributed by atoms with E-state index in [0.717, 1.165) is 11.4 Å². The van der Waals surface area contributed by atoms with Gasteiger partial charge in [-0.15, -0.1) is 0 Å². The lowest BCUT2D eigenvalue weighted by atomic mass is 10.2. The zero-order chi connectivity index (χ0) is 41.5. The van der Waals surface area contributed by atoms with Crippen LogP contribution >= 0.6 is 12.6 Å². The Labute approximate surface area is 309 Å². The van der Waals surface area contributed by atoms with E-state index in [1.54, 1.807) is 12.4 Å². The van der Waals surface area contributed by atoms with E-state index < -0.39 is 60.1 Å². The first-order valence-electron chi connectivity index (χ1n) is 15.2. The lowest BCUT2D eigenvalue weighted by Crippen LogP contribution is -2.32. The Bertz CT molecular complexity index is 1260. The molecule has 0 aliphatic rings. The number of hydrogen-bond acceptors (Lipinski definition) is 15. The Morgan fingerprint density at radius 3 is 1.08 bits per heavy atom. The molecule has 0 saturated carbocycles. The van der Waals surface area contributed by atoms with E-state index in [1.807, 2.05) is 0 Å². The predicted molar refractivity (Wildman–Crippen MR) is 196 cm³/mol. The van der Waals surface area contributed by atoms with Crippen molar-refractivity contribution in [2.24, 2.45) is 61.6 Å². The van der Waals surface area contributed by atoms with Crippen molar-refractivity contribution >= 4 is 54.4 Å². The zero-order valence-electron chi connectivity index (χ0n) is 28.8. The smallest absolute Gasteiger partial charge is 0.321 e. The fourth-order valence-corrected chi connectivity index (χ4v) is 2.96. The van der Waals surface area contributed by atoms with Crippen LogP contribution in [-0.4, -0.2) is 136 Å². The second-order valence-electron chi connectivity index (χ2n) is 10.4. The maximum atomic E-state index is 10.3. The number of aliphatic imine (C=N–C) groups is 2. The number of carbonyl (C=O) groups is 5. The van der Waals surface area contributed by atoms with Crippen LogP contribution in [0.25, 0.3) is 0 Å². The quantitative estimate of drug-likeness (QED) is 0.0291. The molecule has 5 unspecified atom stereocenters. The number of thiol groups is 1. The summed E-state index contributed by atoms with van der Waals surface area (Å²) in [5.74, 6) is -4.79. The lowest BCUT2D eigenvalue weighted by molar-refractivity contribution is -0.139. The minimum absolute atomic E-state index is 0.0129. The molecule has 0 spiro atoms. The van der Waals surface area contributed by atoms with Crippen LogP contribution in [0.1, 0.15) is 37.1 Å². The number of aliphatic carboxylic acids is 5. The molecule has 2 heterocycles. The van der Waals surface area contributed by atoms with Crippen LogP contribution in [-0.2, 0) is 36.8 Å². The molecule has 25 nitrogen and oxygen atoms in total. The number of carboxylic acid groups (broad SMARTS) is 5. The number of nitrogens with two attached hydrogens (primary N) is 9. The van der Waals surface area contributed by atoms with E-state index in [0.29, 0.717) is 38.8 Å². The predicted octanol–water partition coefficient (Wildman–Crippen LogP) is -5.04. The molecule has 25 N–H and O–H groups in total. The minimum atomic E-state index is -1.00. The Hall–Kier alpha value is -5.54. The van der Waals surface area contributed by atoms with Gasteiger partial charge in [0.25, 0.3) is 0 Å². The first-order chi connectivity index (χ1) is 24.7. The van der Waals surface area contributed by atoms with E-state index in [9.17, 15) is 24.0 Å². The Balaban J connectivity index is -0.000000595. The second kappa shape index (κ2) is 31.2. The molecule has 2 aromatic heterocycles. The fourth-order valence-electron chi connectivity index (χ4n) is 2.80. The van der Waals surface area contributed by atoms with Crippen LogP contribution < -0.4 is 51.6 Å². The summed E-state index contributed by atoms with van der Waals surface area (Å²) in [6.45, 7) is 0.840. The van der Waals surface area contributed by atoms with Gasteiger partial charge >= 0.3 is 29.8 Å². The van der Waals surface area contributed by atoms with Crippen molar-refractivity contribution in [2.45, 2.75) is 68.7 Å². The summed E-state index contributed by atoms with van der Waals surface area (Å²) in [4.78, 5) is 71.1. The monoisotopic (exact) mass is 779 g/mol. The molecule has 0 aliphatic heterocycles. The number of guanidine groups is 2. The number of nitrogens with one attached hydrogen (secondary N) is 2. The average molecular weight is 780 g/mol. The molecule has 0 aromatic carbocycles. The SMILES string of the molecule is NC(CS)C(=O)O.NC(Cc1cnc[nH]1)C(=O)O.NC(Cc1cnc[nH]1)C(=O)O.NC(N)=NCCCC(N)C(=O)O.NC(N)=NCCCC(N)C(=O)O. The topological polar surface area (TPSA) is 503 Å². The maximum absolute atomic E-state index is 10.3. The number of carboxylic acids is 5. The number of aromatic amines is 2. The van der Waals surface area contributed by atoms with Crippen molar-refractivity contribution in [3.05, 3.63) is 36.4 Å². The van der Waals surface area contributed by atoms with E-state index in [2.05, 4.69) is 42.5 Å². The second-order valence-corrected chi connectivity index (χ2v) is 10.7. The van der Waals surface area contributed by atoms with Crippen molar-refractivity contribution in [1.29, 1.82) is 0 Å². The molecule has 0 radical (unpaired) electrons. The van der Waals surface area contributed by atoms with Gasteiger partial charge in [0.2, 0.25) is 0 Å².